The fraction of sp³-hybridized carbons (Fsp3) is 0.286. The Kier molecular flexibility index (Phi) is 4.03. The zero-order valence-electron chi connectivity index (χ0n) is 7.44. The number of aliphatic carboxylic acids is 1. The first-order valence-corrected chi connectivity index (χ1v) is 5.01. The van der Waals surface area contributed by atoms with Crippen molar-refractivity contribution >= 4 is 28.8 Å². The Bertz CT molecular complexity index is 466. The maximum absolute atomic E-state index is 11.2. The monoisotopic (exact) mass is 325 g/mol. The second kappa shape index (κ2) is 5.07. The number of aromatic nitrogens is 2. The Hall–Kier alpha value is -1.16. The molecule has 0 saturated carbocycles. The summed E-state index contributed by atoms with van der Waals surface area (Å²) in [6, 6.07) is 0.280. The number of rotatable bonds is 4. The van der Waals surface area contributed by atoms with Crippen LogP contribution in [0.3, 0.4) is 0 Å². The number of H-pyrrole nitrogens is 1. The summed E-state index contributed by atoms with van der Waals surface area (Å²) in [5, 5.41) is 8.73. The third-order valence-electron chi connectivity index (χ3n) is 1.71. The van der Waals surface area contributed by atoms with Gasteiger partial charge >= 0.3 is 11.7 Å². The third kappa shape index (κ3) is 3.16. The lowest BCUT2D eigenvalue weighted by Gasteiger charge is -2.10. The number of nitrogens with zero attached hydrogens (tertiary/aromatic N) is 1. The van der Waals surface area contributed by atoms with Gasteiger partial charge < -0.3 is 5.11 Å². The van der Waals surface area contributed by atoms with Crippen molar-refractivity contribution in [1.29, 1.82) is 0 Å². The van der Waals surface area contributed by atoms with Crippen LogP contribution in [-0.4, -0.2) is 26.7 Å². The minimum Gasteiger partial charge on any atom is -0.480 e. The normalized spacial score (nSPS) is 12.3. The highest BCUT2D eigenvalue weighted by atomic mass is 127. The van der Waals surface area contributed by atoms with E-state index in [1.807, 2.05) is 4.98 Å². The first kappa shape index (κ1) is 11.9. The van der Waals surface area contributed by atoms with E-state index in [1.54, 1.807) is 22.9 Å². The molecule has 7 nitrogen and oxygen atoms in total. The van der Waals surface area contributed by atoms with Crippen molar-refractivity contribution in [1.82, 2.24) is 13.1 Å². The van der Waals surface area contributed by atoms with Gasteiger partial charge in [-0.25, -0.2) is 8.32 Å². The van der Waals surface area contributed by atoms with Crippen LogP contribution in [0.1, 0.15) is 0 Å². The lowest BCUT2D eigenvalue weighted by Crippen LogP contribution is -2.39. The Morgan fingerprint density at radius 3 is 2.80 bits per heavy atom. The Morgan fingerprint density at radius 1 is 1.67 bits per heavy atom. The summed E-state index contributed by atoms with van der Waals surface area (Å²) in [6.07, 6.45) is 1.26. The first-order valence-electron chi connectivity index (χ1n) is 3.93. The van der Waals surface area contributed by atoms with Crippen molar-refractivity contribution in [3.63, 3.8) is 0 Å². The summed E-state index contributed by atoms with van der Waals surface area (Å²) in [4.78, 5) is 34.6. The van der Waals surface area contributed by atoms with Crippen LogP contribution in [-0.2, 0) is 11.3 Å². The van der Waals surface area contributed by atoms with Gasteiger partial charge in [-0.1, -0.05) is 0 Å². The van der Waals surface area contributed by atoms with E-state index in [4.69, 9.17) is 5.11 Å². The molecule has 1 atom stereocenters. The molecule has 0 aliphatic carbocycles. The van der Waals surface area contributed by atoms with Crippen molar-refractivity contribution in [2.75, 3.05) is 0 Å². The van der Waals surface area contributed by atoms with Crippen LogP contribution in [0, 0.1) is 0 Å². The molecule has 1 aromatic rings. The molecule has 0 radical (unpaired) electrons. The van der Waals surface area contributed by atoms with E-state index < -0.39 is 23.3 Å². The molecule has 0 amide bonds. The topological polar surface area (TPSA) is 104 Å². The molecule has 1 rings (SSSR count). The van der Waals surface area contributed by atoms with E-state index in [2.05, 4.69) is 3.53 Å². The minimum atomic E-state index is -1.07. The van der Waals surface area contributed by atoms with E-state index in [-0.39, 0.29) is 6.54 Å². The summed E-state index contributed by atoms with van der Waals surface area (Å²) in [7, 11) is 0. The van der Waals surface area contributed by atoms with Gasteiger partial charge in [-0.3, -0.25) is 19.1 Å². The molecule has 0 unspecified atom stereocenters. The molecule has 0 spiro atoms. The minimum absolute atomic E-state index is 0.0477. The summed E-state index contributed by atoms with van der Waals surface area (Å²) in [6.45, 7) is -0.0477. The van der Waals surface area contributed by atoms with Crippen molar-refractivity contribution in [3.8, 4) is 0 Å². The van der Waals surface area contributed by atoms with E-state index >= 15 is 0 Å². The summed E-state index contributed by atoms with van der Waals surface area (Å²) < 4.78 is 3.63. The Morgan fingerprint density at radius 2 is 2.33 bits per heavy atom. The average Bonchev–Trinajstić information content (AvgIpc) is 2.16. The van der Waals surface area contributed by atoms with Crippen molar-refractivity contribution in [2.45, 2.75) is 12.6 Å². The fourth-order valence-electron chi connectivity index (χ4n) is 0.944. The molecule has 8 heteroatoms. The highest BCUT2D eigenvalue weighted by Gasteiger charge is 2.16. The van der Waals surface area contributed by atoms with Crippen molar-refractivity contribution in [2.24, 2.45) is 0 Å². The van der Waals surface area contributed by atoms with E-state index in [0.717, 1.165) is 10.6 Å². The number of carbonyl (C=O) groups is 1. The van der Waals surface area contributed by atoms with Gasteiger partial charge in [0.1, 0.15) is 6.04 Å². The predicted octanol–water partition coefficient (Wildman–Crippen LogP) is -1.07. The largest absolute Gasteiger partial charge is 0.480 e. The summed E-state index contributed by atoms with van der Waals surface area (Å²) in [5.74, 6) is -1.07. The number of halogens is 1. The standard InChI is InChI=1S/C7H8IN3O4/c8-10-4(6(13)14)3-11-2-1-5(12)9-7(11)15/h1-2,4,10H,3H2,(H,13,14)(H,9,12,15)/t4-/m0/s1. The van der Waals surface area contributed by atoms with Crippen molar-refractivity contribution < 1.29 is 9.90 Å². The van der Waals surface area contributed by atoms with Crippen LogP contribution in [0.2, 0.25) is 0 Å². The SMILES string of the molecule is O=C(O)[C@H](Cn1ccc(=O)[nH]c1=O)NI. The number of aromatic amines is 1. The van der Waals surface area contributed by atoms with Gasteiger partial charge in [0, 0.05) is 35.1 Å². The summed E-state index contributed by atoms with van der Waals surface area (Å²) >= 11 is 1.69. The number of carboxylic acid groups (broad SMARTS) is 1. The van der Waals surface area contributed by atoms with Gasteiger partial charge in [0.25, 0.3) is 5.56 Å². The van der Waals surface area contributed by atoms with Gasteiger partial charge in [-0.2, -0.15) is 0 Å². The van der Waals surface area contributed by atoms with E-state index in [0.29, 0.717) is 0 Å². The third-order valence-corrected chi connectivity index (χ3v) is 2.46. The quantitative estimate of drug-likeness (QED) is 0.483. The highest BCUT2D eigenvalue weighted by molar-refractivity contribution is 14.1. The second-order valence-corrected chi connectivity index (χ2v) is 3.39. The van der Waals surface area contributed by atoms with Gasteiger partial charge in [0.2, 0.25) is 0 Å². The average molecular weight is 325 g/mol. The number of hydrogen-bond acceptors (Lipinski definition) is 4. The van der Waals surface area contributed by atoms with Crippen LogP contribution >= 0.6 is 22.9 Å². The first-order chi connectivity index (χ1) is 7.04. The van der Waals surface area contributed by atoms with Crippen LogP contribution < -0.4 is 14.8 Å². The second-order valence-electron chi connectivity index (χ2n) is 2.76. The van der Waals surface area contributed by atoms with Crippen LogP contribution in [0.25, 0.3) is 0 Å². The zero-order valence-corrected chi connectivity index (χ0v) is 9.59. The van der Waals surface area contributed by atoms with Gasteiger partial charge in [-0.15, -0.1) is 0 Å². The molecule has 82 valence electrons. The maximum atomic E-state index is 11.2. The van der Waals surface area contributed by atoms with E-state index in [9.17, 15) is 14.4 Å². The Balaban J connectivity index is 2.94. The lowest BCUT2D eigenvalue weighted by molar-refractivity contribution is -0.139. The molecule has 0 aliphatic heterocycles. The number of hydrogen-bond donors (Lipinski definition) is 3. The highest BCUT2D eigenvalue weighted by Crippen LogP contribution is 1.91. The molecular weight excluding hydrogens is 317 g/mol. The molecule has 0 fully saturated rings. The van der Waals surface area contributed by atoms with Crippen LogP contribution in [0.15, 0.2) is 21.9 Å². The molecule has 0 aliphatic rings. The molecule has 0 aromatic carbocycles. The van der Waals surface area contributed by atoms with Gasteiger partial charge in [0.05, 0.1) is 6.54 Å². The smallest absolute Gasteiger partial charge is 0.328 e. The fourth-order valence-corrected chi connectivity index (χ4v) is 1.41. The zero-order chi connectivity index (χ0) is 11.4. The molecular formula is C7H8IN3O4. The molecule has 3 N–H and O–H groups in total. The summed E-state index contributed by atoms with van der Waals surface area (Å²) in [5.41, 5.74) is -1.13. The van der Waals surface area contributed by atoms with Crippen molar-refractivity contribution in [3.05, 3.63) is 33.1 Å². The predicted molar refractivity (Wildman–Crippen MR) is 59.9 cm³/mol. The molecule has 1 heterocycles. The number of nitrogens with one attached hydrogen (secondary N) is 2. The van der Waals surface area contributed by atoms with Crippen LogP contribution in [0.5, 0.6) is 0 Å². The number of carboxylic acids is 1. The van der Waals surface area contributed by atoms with E-state index in [1.165, 1.54) is 6.20 Å². The Labute approximate surface area is 97.6 Å². The molecule has 15 heavy (non-hydrogen) atoms. The molecule has 0 saturated heterocycles. The lowest BCUT2D eigenvalue weighted by atomic mass is 10.3. The van der Waals surface area contributed by atoms with Gasteiger partial charge in [-0.05, 0) is 0 Å². The molecule has 1 aromatic heterocycles. The van der Waals surface area contributed by atoms with Crippen LogP contribution in [0.4, 0.5) is 0 Å². The van der Waals surface area contributed by atoms with Gasteiger partial charge in [0.15, 0.2) is 0 Å². The maximum Gasteiger partial charge on any atom is 0.328 e. The molecule has 0 bridgehead atoms.